The third kappa shape index (κ3) is 3.21. The fourth-order valence-electron chi connectivity index (χ4n) is 2.29. The van der Waals surface area contributed by atoms with Crippen LogP contribution < -0.4 is 5.32 Å². The van der Waals surface area contributed by atoms with Crippen molar-refractivity contribution >= 4 is 5.91 Å². The molecule has 1 rings (SSSR count). The molecule has 0 aromatic carbocycles. The molecule has 3 heteroatoms. The van der Waals surface area contributed by atoms with Crippen LogP contribution in [0.5, 0.6) is 0 Å². The van der Waals surface area contributed by atoms with Crippen molar-refractivity contribution in [3.8, 4) is 0 Å². The van der Waals surface area contributed by atoms with Crippen molar-refractivity contribution in [1.29, 1.82) is 0 Å². The Hall–Kier alpha value is -0.570. The summed E-state index contributed by atoms with van der Waals surface area (Å²) in [7, 11) is 1.94. The van der Waals surface area contributed by atoms with E-state index in [4.69, 9.17) is 0 Å². The molecule has 3 atom stereocenters. The number of nitrogens with zero attached hydrogens (tertiary/aromatic N) is 1. The third-order valence-corrected chi connectivity index (χ3v) is 3.90. The Balaban J connectivity index is 2.55. The van der Waals surface area contributed by atoms with Gasteiger partial charge in [-0.1, -0.05) is 13.8 Å². The van der Waals surface area contributed by atoms with Gasteiger partial charge in [-0.3, -0.25) is 4.79 Å². The molecule has 16 heavy (non-hydrogen) atoms. The van der Waals surface area contributed by atoms with Crippen LogP contribution in [0.1, 0.15) is 40.5 Å². The Labute approximate surface area is 99.6 Å². The second-order valence-corrected chi connectivity index (χ2v) is 5.51. The van der Waals surface area contributed by atoms with Crippen molar-refractivity contribution in [2.24, 2.45) is 11.8 Å². The lowest BCUT2D eigenvalue weighted by Crippen LogP contribution is -2.46. The maximum atomic E-state index is 12.3. The number of carbonyl (C=O) groups is 1. The normalized spacial score (nSPS) is 27.9. The number of piperidine rings is 1. The first-order valence-corrected chi connectivity index (χ1v) is 6.43. The Bertz CT molecular complexity index is 236. The van der Waals surface area contributed by atoms with Gasteiger partial charge in [-0.05, 0) is 39.2 Å². The first kappa shape index (κ1) is 13.5. The molecular formula is C13H26N2O. The molecule has 1 N–H and O–H groups in total. The van der Waals surface area contributed by atoms with Crippen molar-refractivity contribution in [2.75, 3.05) is 13.6 Å². The molecule has 1 fully saturated rings. The largest absolute Gasteiger partial charge is 0.343 e. The van der Waals surface area contributed by atoms with Crippen molar-refractivity contribution in [3.05, 3.63) is 0 Å². The topological polar surface area (TPSA) is 32.3 Å². The van der Waals surface area contributed by atoms with E-state index in [9.17, 15) is 4.79 Å². The predicted molar refractivity (Wildman–Crippen MR) is 67.3 cm³/mol. The summed E-state index contributed by atoms with van der Waals surface area (Å²) >= 11 is 0. The Morgan fingerprint density at radius 3 is 2.50 bits per heavy atom. The molecule has 0 spiro atoms. The molecule has 0 aromatic heterocycles. The molecule has 3 unspecified atom stereocenters. The summed E-state index contributed by atoms with van der Waals surface area (Å²) in [5.41, 5.74) is 0. The molecule has 3 nitrogen and oxygen atoms in total. The smallest absolute Gasteiger partial charge is 0.225 e. The van der Waals surface area contributed by atoms with Gasteiger partial charge in [-0.2, -0.15) is 0 Å². The van der Waals surface area contributed by atoms with Gasteiger partial charge in [0.15, 0.2) is 0 Å². The standard InChI is InChI=1S/C13H26N2O/c1-9(2)11(4)15(5)13(16)12-6-7-14-10(3)8-12/h9-12,14H,6-8H2,1-5H3. The summed E-state index contributed by atoms with van der Waals surface area (Å²) in [5, 5.41) is 3.39. The van der Waals surface area contributed by atoms with Crippen LogP contribution in [0.4, 0.5) is 0 Å². The molecule has 1 heterocycles. The van der Waals surface area contributed by atoms with Gasteiger partial charge in [0.2, 0.25) is 5.91 Å². The van der Waals surface area contributed by atoms with E-state index < -0.39 is 0 Å². The SMILES string of the molecule is CC1CC(C(=O)N(C)C(C)C(C)C)CCN1. The summed E-state index contributed by atoms with van der Waals surface area (Å²) in [6.45, 7) is 9.60. The van der Waals surface area contributed by atoms with E-state index in [1.807, 2.05) is 11.9 Å². The molecule has 0 radical (unpaired) electrons. The van der Waals surface area contributed by atoms with E-state index in [0.29, 0.717) is 23.9 Å². The highest BCUT2D eigenvalue weighted by atomic mass is 16.2. The number of rotatable bonds is 3. The van der Waals surface area contributed by atoms with Crippen molar-refractivity contribution in [2.45, 2.75) is 52.6 Å². The molecule has 1 aliphatic heterocycles. The summed E-state index contributed by atoms with van der Waals surface area (Å²) in [4.78, 5) is 14.2. The number of amides is 1. The number of nitrogens with one attached hydrogen (secondary N) is 1. The first-order valence-electron chi connectivity index (χ1n) is 6.43. The van der Waals surface area contributed by atoms with Crippen LogP contribution in [0.2, 0.25) is 0 Å². The zero-order valence-electron chi connectivity index (χ0n) is 11.3. The lowest BCUT2D eigenvalue weighted by molar-refractivity contribution is -0.138. The highest BCUT2D eigenvalue weighted by Crippen LogP contribution is 2.20. The lowest BCUT2D eigenvalue weighted by Gasteiger charge is -2.34. The van der Waals surface area contributed by atoms with Gasteiger partial charge in [-0.15, -0.1) is 0 Å². The molecular weight excluding hydrogens is 200 g/mol. The van der Waals surface area contributed by atoms with Crippen LogP contribution >= 0.6 is 0 Å². The third-order valence-electron chi connectivity index (χ3n) is 3.90. The number of hydrogen-bond acceptors (Lipinski definition) is 2. The molecule has 1 saturated heterocycles. The Kier molecular flexibility index (Phi) is 4.78. The maximum absolute atomic E-state index is 12.3. The number of hydrogen-bond donors (Lipinski definition) is 1. The average molecular weight is 226 g/mol. The Morgan fingerprint density at radius 2 is 2.00 bits per heavy atom. The summed E-state index contributed by atoms with van der Waals surface area (Å²) < 4.78 is 0. The van der Waals surface area contributed by atoms with E-state index in [1.165, 1.54) is 0 Å². The minimum absolute atomic E-state index is 0.224. The maximum Gasteiger partial charge on any atom is 0.225 e. The summed E-state index contributed by atoms with van der Waals surface area (Å²) in [5.74, 6) is 1.07. The van der Waals surface area contributed by atoms with Crippen LogP contribution in [0, 0.1) is 11.8 Å². The predicted octanol–water partition coefficient (Wildman–Crippen LogP) is 1.88. The molecule has 0 saturated carbocycles. The Morgan fingerprint density at radius 1 is 1.38 bits per heavy atom. The van der Waals surface area contributed by atoms with Crippen LogP contribution in [0.3, 0.4) is 0 Å². The molecule has 0 bridgehead atoms. The molecule has 94 valence electrons. The second-order valence-electron chi connectivity index (χ2n) is 5.51. The van der Waals surface area contributed by atoms with Crippen LogP contribution in [-0.4, -0.2) is 36.5 Å². The van der Waals surface area contributed by atoms with Gasteiger partial charge in [0, 0.05) is 25.0 Å². The zero-order valence-corrected chi connectivity index (χ0v) is 11.3. The number of carbonyl (C=O) groups excluding carboxylic acids is 1. The molecule has 1 aliphatic rings. The summed E-state index contributed by atoms with van der Waals surface area (Å²) in [6, 6.07) is 0.808. The summed E-state index contributed by atoms with van der Waals surface area (Å²) in [6.07, 6.45) is 1.96. The fraction of sp³-hybridized carbons (Fsp3) is 0.923. The minimum atomic E-state index is 0.224. The average Bonchev–Trinajstić information content (AvgIpc) is 2.26. The molecule has 0 aliphatic carbocycles. The van der Waals surface area contributed by atoms with E-state index in [-0.39, 0.29) is 5.92 Å². The molecule has 1 amide bonds. The van der Waals surface area contributed by atoms with E-state index in [1.54, 1.807) is 0 Å². The zero-order chi connectivity index (χ0) is 12.3. The monoisotopic (exact) mass is 226 g/mol. The van der Waals surface area contributed by atoms with Gasteiger partial charge in [0.05, 0.1) is 0 Å². The highest BCUT2D eigenvalue weighted by molar-refractivity contribution is 5.79. The minimum Gasteiger partial charge on any atom is -0.343 e. The van der Waals surface area contributed by atoms with Crippen LogP contribution in [0.25, 0.3) is 0 Å². The van der Waals surface area contributed by atoms with Crippen molar-refractivity contribution in [3.63, 3.8) is 0 Å². The van der Waals surface area contributed by atoms with Gasteiger partial charge in [0.25, 0.3) is 0 Å². The van der Waals surface area contributed by atoms with Crippen molar-refractivity contribution < 1.29 is 4.79 Å². The van der Waals surface area contributed by atoms with Crippen LogP contribution in [-0.2, 0) is 4.79 Å². The quantitative estimate of drug-likeness (QED) is 0.797. The van der Waals surface area contributed by atoms with Crippen LogP contribution in [0.15, 0.2) is 0 Å². The van der Waals surface area contributed by atoms with E-state index in [2.05, 4.69) is 33.0 Å². The lowest BCUT2D eigenvalue weighted by atomic mass is 9.91. The first-order chi connectivity index (χ1) is 7.43. The second kappa shape index (κ2) is 5.67. The van der Waals surface area contributed by atoms with Gasteiger partial charge >= 0.3 is 0 Å². The van der Waals surface area contributed by atoms with Gasteiger partial charge in [-0.25, -0.2) is 0 Å². The van der Waals surface area contributed by atoms with Gasteiger partial charge in [0.1, 0.15) is 0 Å². The van der Waals surface area contributed by atoms with Crippen molar-refractivity contribution in [1.82, 2.24) is 10.2 Å². The highest BCUT2D eigenvalue weighted by Gasteiger charge is 2.29. The molecule has 0 aromatic rings. The fourth-order valence-corrected chi connectivity index (χ4v) is 2.29. The van der Waals surface area contributed by atoms with E-state index >= 15 is 0 Å². The van der Waals surface area contributed by atoms with Gasteiger partial charge < -0.3 is 10.2 Å². The van der Waals surface area contributed by atoms with E-state index in [0.717, 1.165) is 19.4 Å².